The first-order chi connectivity index (χ1) is 12.2. The highest BCUT2D eigenvalue weighted by molar-refractivity contribution is 5.93. The molecule has 2 aromatic carbocycles. The van der Waals surface area contributed by atoms with Crippen LogP contribution in [0.1, 0.15) is 21.7 Å². The van der Waals surface area contributed by atoms with Gasteiger partial charge in [-0.25, -0.2) is 10.5 Å². The SMILES string of the molecule is O=C(NO)c1ccc2c(c1)OCCN(Cc1nc3ccccc3[nH]1)C2. The molecular formula is C18H18N4O3. The number of ether oxygens (including phenoxy) is 1. The standard InChI is InChI=1S/C18H18N4O3/c23-18(21-24)12-5-6-13-10-22(7-8-25-16(13)9-12)11-17-19-14-3-1-2-4-15(14)20-17/h1-6,9,24H,7-8,10-11H2,(H,19,20)(H,21,23). The molecule has 0 unspecified atom stereocenters. The number of benzene rings is 2. The second-order valence-corrected chi connectivity index (χ2v) is 6.02. The number of carbonyl (C=O) groups is 1. The van der Waals surface area contributed by atoms with Gasteiger partial charge in [-0.05, 0) is 24.3 Å². The summed E-state index contributed by atoms with van der Waals surface area (Å²) in [5.74, 6) is 1.05. The number of H-pyrrole nitrogens is 1. The van der Waals surface area contributed by atoms with Crippen LogP contribution in [0.3, 0.4) is 0 Å². The Morgan fingerprint density at radius 1 is 1.32 bits per heavy atom. The van der Waals surface area contributed by atoms with Gasteiger partial charge in [0.25, 0.3) is 5.91 Å². The second-order valence-electron chi connectivity index (χ2n) is 6.02. The topological polar surface area (TPSA) is 90.5 Å². The Morgan fingerprint density at radius 2 is 2.20 bits per heavy atom. The summed E-state index contributed by atoms with van der Waals surface area (Å²) in [6.45, 7) is 2.68. The van der Waals surface area contributed by atoms with Crippen LogP contribution in [0.4, 0.5) is 0 Å². The first-order valence-corrected chi connectivity index (χ1v) is 8.09. The van der Waals surface area contributed by atoms with E-state index in [-0.39, 0.29) is 0 Å². The number of fused-ring (bicyclic) bond motifs is 2. The van der Waals surface area contributed by atoms with Crippen molar-refractivity contribution in [3.63, 3.8) is 0 Å². The normalized spacial score (nSPS) is 14.6. The molecule has 0 radical (unpaired) electrons. The lowest BCUT2D eigenvalue weighted by Gasteiger charge is -2.17. The summed E-state index contributed by atoms with van der Waals surface area (Å²) >= 11 is 0. The van der Waals surface area contributed by atoms with Crippen LogP contribution in [0, 0.1) is 0 Å². The minimum atomic E-state index is -0.547. The summed E-state index contributed by atoms with van der Waals surface area (Å²) in [5, 5.41) is 8.75. The number of aromatic amines is 1. The van der Waals surface area contributed by atoms with E-state index in [1.807, 2.05) is 30.3 Å². The van der Waals surface area contributed by atoms with Crippen molar-refractivity contribution in [3.8, 4) is 5.75 Å². The van der Waals surface area contributed by atoms with Gasteiger partial charge in [-0.1, -0.05) is 18.2 Å². The Bertz CT molecular complexity index is 889. The molecule has 0 fully saturated rings. The molecule has 7 nitrogen and oxygen atoms in total. The van der Waals surface area contributed by atoms with Crippen molar-refractivity contribution in [2.75, 3.05) is 13.2 Å². The van der Waals surface area contributed by atoms with Crippen molar-refractivity contribution in [2.24, 2.45) is 0 Å². The maximum absolute atomic E-state index is 11.5. The summed E-state index contributed by atoms with van der Waals surface area (Å²) in [5.41, 5.74) is 5.00. The molecule has 3 aromatic rings. The molecule has 1 aliphatic heterocycles. The monoisotopic (exact) mass is 338 g/mol. The molecular weight excluding hydrogens is 320 g/mol. The summed E-state index contributed by atoms with van der Waals surface area (Å²) in [7, 11) is 0. The third kappa shape index (κ3) is 3.19. The maximum atomic E-state index is 11.5. The van der Waals surface area contributed by atoms with Crippen LogP contribution in [-0.2, 0) is 13.1 Å². The van der Waals surface area contributed by atoms with E-state index < -0.39 is 5.91 Å². The van der Waals surface area contributed by atoms with Crippen molar-refractivity contribution in [3.05, 3.63) is 59.4 Å². The Hall–Kier alpha value is -2.90. The van der Waals surface area contributed by atoms with E-state index in [0.29, 0.717) is 31.0 Å². The summed E-state index contributed by atoms with van der Waals surface area (Å²) in [6, 6.07) is 13.2. The van der Waals surface area contributed by atoms with Gasteiger partial charge in [0.2, 0.25) is 0 Å². The number of imidazole rings is 1. The fourth-order valence-electron chi connectivity index (χ4n) is 3.06. The van der Waals surface area contributed by atoms with Gasteiger partial charge in [0, 0.05) is 24.2 Å². The average molecular weight is 338 g/mol. The quantitative estimate of drug-likeness (QED) is 0.502. The van der Waals surface area contributed by atoms with Crippen LogP contribution in [0.25, 0.3) is 11.0 Å². The highest BCUT2D eigenvalue weighted by Gasteiger charge is 2.18. The Kier molecular flexibility index (Phi) is 4.09. The van der Waals surface area contributed by atoms with Crippen molar-refractivity contribution >= 4 is 16.9 Å². The third-order valence-corrected chi connectivity index (χ3v) is 4.30. The molecule has 0 aliphatic carbocycles. The van der Waals surface area contributed by atoms with Crippen molar-refractivity contribution in [1.29, 1.82) is 0 Å². The molecule has 4 rings (SSSR count). The molecule has 0 atom stereocenters. The van der Waals surface area contributed by atoms with E-state index >= 15 is 0 Å². The highest BCUT2D eigenvalue weighted by atomic mass is 16.5. The van der Waals surface area contributed by atoms with Crippen LogP contribution in [0.15, 0.2) is 42.5 Å². The molecule has 0 saturated heterocycles. The number of nitrogens with zero attached hydrogens (tertiary/aromatic N) is 2. The number of hydrogen-bond acceptors (Lipinski definition) is 5. The number of hydroxylamine groups is 1. The molecule has 0 bridgehead atoms. The molecule has 1 aromatic heterocycles. The van der Waals surface area contributed by atoms with Crippen LogP contribution >= 0.6 is 0 Å². The lowest BCUT2D eigenvalue weighted by molar-refractivity contribution is 0.0706. The van der Waals surface area contributed by atoms with Gasteiger partial charge in [0.1, 0.15) is 18.2 Å². The number of hydrogen-bond donors (Lipinski definition) is 3. The molecule has 128 valence electrons. The number of amides is 1. The predicted molar refractivity (Wildman–Crippen MR) is 91.4 cm³/mol. The van der Waals surface area contributed by atoms with Crippen LogP contribution in [0.2, 0.25) is 0 Å². The fraction of sp³-hybridized carbons (Fsp3) is 0.222. The predicted octanol–water partition coefficient (Wildman–Crippen LogP) is 2.08. The lowest BCUT2D eigenvalue weighted by atomic mass is 10.1. The molecule has 25 heavy (non-hydrogen) atoms. The van der Waals surface area contributed by atoms with Crippen LogP contribution in [-0.4, -0.2) is 39.1 Å². The summed E-state index contributed by atoms with van der Waals surface area (Å²) in [6.07, 6.45) is 0. The zero-order valence-electron chi connectivity index (χ0n) is 13.5. The zero-order valence-corrected chi connectivity index (χ0v) is 13.5. The van der Waals surface area contributed by atoms with Gasteiger partial charge in [0.15, 0.2) is 0 Å². The zero-order chi connectivity index (χ0) is 17.2. The van der Waals surface area contributed by atoms with Gasteiger partial charge in [0.05, 0.1) is 17.6 Å². The smallest absolute Gasteiger partial charge is 0.274 e. The van der Waals surface area contributed by atoms with Crippen molar-refractivity contribution in [1.82, 2.24) is 20.3 Å². The first kappa shape index (κ1) is 15.6. The van der Waals surface area contributed by atoms with Gasteiger partial charge in [-0.2, -0.15) is 0 Å². The van der Waals surface area contributed by atoms with Crippen LogP contribution < -0.4 is 10.2 Å². The summed E-state index contributed by atoms with van der Waals surface area (Å²) < 4.78 is 5.78. The van der Waals surface area contributed by atoms with Crippen LogP contribution in [0.5, 0.6) is 5.75 Å². The van der Waals surface area contributed by atoms with E-state index in [9.17, 15) is 4.79 Å². The molecule has 0 saturated carbocycles. The van der Waals surface area contributed by atoms with E-state index in [0.717, 1.165) is 29.0 Å². The fourth-order valence-corrected chi connectivity index (χ4v) is 3.06. The molecule has 0 spiro atoms. The maximum Gasteiger partial charge on any atom is 0.274 e. The number of nitrogens with one attached hydrogen (secondary N) is 2. The Labute approximate surface area is 144 Å². The van der Waals surface area contributed by atoms with Gasteiger partial charge < -0.3 is 9.72 Å². The highest BCUT2D eigenvalue weighted by Crippen LogP contribution is 2.25. The van der Waals surface area contributed by atoms with E-state index in [2.05, 4.69) is 14.9 Å². The number of carbonyl (C=O) groups excluding carboxylic acids is 1. The third-order valence-electron chi connectivity index (χ3n) is 4.30. The first-order valence-electron chi connectivity index (χ1n) is 8.09. The Balaban J connectivity index is 1.54. The van der Waals surface area contributed by atoms with Gasteiger partial charge in [-0.15, -0.1) is 0 Å². The molecule has 2 heterocycles. The van der Waals surface area contributed by atoms with Crippen molar-refractivity contribution in [2.45, 2.75) is 13.1 Å². The minimum Gasteiger partial charge on any atom is -0.492 e. The molecule has 3 N–H and O–H groups in total. The summed E-state index contributed by atoms with van der Waals surface area (Å²) in [4.78, 5) is 21.7. The lowest BCUT2D eigenvalue weighted by Crippen LogP contribution is -2.25. The molecule has 1 amide bonds. The molecule has 7 heteroatoms. The van der Waals surface area contributed by atoms with Crippen molar-refractivity contribution < 1.29 is 14.7 Å². The second kappa shape index (κ2) is 6.54. The number of para-hydroxylation sites is 2. The van der Waals surface area contributed by atoms with E-state index in [1.54, 1.807) is 17.6 Å². The number of aromatic nitrogens is 2. The number of rotatable bonds is 3. The van der Waals surface area contributed by atoms with E-state index in [1.165, 1.54) is 0 Å². The molecule has 1 aliphatic rings. The average Bonchev–Trinajstić information content (AvgIpc) is 2.93. The van der Waals surface area contributed by atoms with E-state index in [4.69, 9.17) is 9.94 Å². The Morgan fingerprint density at radius 3 is 3.04 bits per heavy atom. The largest absolute Gasteiger partial charge is 0.492 e. The van der Waals surface area contributed by atoms with Gasteiger partial charge in [-0.3, -0.25) is 14.9 Å². The van der Waals surface area contributed by atoms with Gasteiger partial charge >= 0.3 is 0 Å². The minimum absolute atomic E-state index is 0.368.